The topological polar surface area (TPSA) is 38.0 Å². The second-order valence-electron chi connectivity index (χ2n) is 5.49. The third-order valence-electron chi connectivity index (χ3n) is 1.53. The maximum absolute atomic E-state index is 4.50. The van der Waals surface area contributed by atoms with Crippen LogP contribution in [0.5, 0.6) is 0 Å². The maximum Gasteiger partial charge on any atom is 0.00965 e. The van der Waals surface area contributed by atoms with Crippen LogP contribution in [0.3, 0.4) is 0 Å². The van der Waals surface area contributed by atoms with Crippen molar-refractivity contribution in [1.82, 2.24) is 5.32 Å². The van der Waals surface area contributed by atoms with E-state index in [0.717, 1.165) is 6.54 Å². The molecule has 0 saturated carbocycles. The third kappa shape index (κ3) is 18.7. The lowest BCUT2D eigenvalue weighted by Gasteiger charge is -2.24. The molecule has 3 N–H and O–H groups in total. The Labute approximate surface area is 84.3 Å². The first-order valence-corrected chi connectivity index (χ1v) is 5.03. The van der Waals surface area contributed by atoms with Crippen molar-refractivity contribution in [2.45, 2.75) is 53.5 Å². The Morgan fingerprint density at radius 3 is 1.54 bits per heavy atom. The molecule has 0 saturated heterocycles. The summed E-state index contributed by atoms with van der Waals surface area (Å²) in [5.41, 5.74) is 5.23. The minimum absolute atomic E-state index is 0.269. The van der Waals surface area contributed by atoms with E-state index in [9.17, 15) is 0 Å². The van der Waals surface area contributed by atoms with Crippen LogP contribution >= 0.6 is 0 Å². The number of nitrogens with one attached hydrogen (secondary N) is 1. The fourth-order valence-electron chi connectivity index (χ4n) is 0.812. The summed E-state index contributed by atoms with van der Waals surface area (Å²) in [5, 5.41) is 3.48. The number of hydrogen-bond donors (Lipinski definition) is 2. The molecule has 0 spiro atoms. The van der Waals surface area contributed by atoms with Gasteiger partial charge in [-0.2, -0.15) is 0 Å². The fraction of sp³-hybridized carbons (Fsp3) is 1.00. The normalized spacial score (nSPS) is 12.0. The average Bonchev–Trinajstić information content (AvgIpc) is 1.86. The summed E-state index contributed by atoms with van der Waals surface area (Å²) < 4.78 is 0. The number of hydrogen-bond acceptors (Lipinski definition) is 2. The number of nitrogens with two attached hydrogens (primary N) is 1. The molecule has 0 aliphatic heterocycles. The van der Waals surface area contributed by atoms with Gasteiger partial charge in [-0.15, -0.1) is 0 Å². The van der Waals surface area contributed by atoms with Gasteiger partial charge in [-0.3, -0.25) is 0 Å². The molecular weight excluding hydrogens is 160 g/mol. The molecule has 0 fully saturated rings. The van der Waals surface area contributed by atoms with Crippen LogP contribution in [-0.4, -0.2) is 19.1 Å². The van der Waals surface area contributed by atoms with Crippen molar-refractivity contribution in [3.8, 4) is 0 Å². The standard InChI is InChI=1S/C10H23N.CH5N/c1-9(2,3)7-8-11-10(4,5)6;1-2/h11H,7-8H2,1-6H3;2H2,1H3. The Bertz CT molecular complexity index is 92.2. The SMILES string of the molecule is CC(C)(C)CCNC(C)(C)C.CN. The van der Waals surface area contributed by atoms with Gasteiger partial charge in [0.2, 0.25) is 0 Å². The maximum atomic E-state index is 4.50. The molecule has 0 aromatic carbocycles. The van der Waals surface area contributed by atoms with Gasteiger partial charge in [0.25, 0.3) is 0 Å². The minimum atomic E-state index is 0.269. The second kappa shape index (κ2) is 6.39. The lowest BCUT2D eigenvalue weighted by atomic mass is 9.92. The van der Waals surface area contributed by atoms with Crippen LogP contribution in [0, 0.1) is 5.41 Å². The van der Waals surface area contributed by atoms with Crippen LogP contribution in [0.25, 0.3) is 0 Å². The summed E-state index contributed by atoms with van der Waals surface area (Å²) in [5.74, 6) is 0. The van der Waals surface area contributed by atoms with E-state index in [4.69, 9.17) is 0 Å². The summed E-state index contributed by atoms with van der Waals surface area (Å²) in [4.78, 5) is 0. The van der Waals surface area contributed by atoms with E-state index in [1.807, 2.05) is 0 Å². The van der Waals surface area contributed by atoms with E-state index in [1.54, 1.807) is 0 Å². The van der Waals surface area contributed by atoms with Crippen molar-refractivity contribution in [1.29, 1.82) is 0 Å². The van der Waals surface area contributed by atoms with Crippen molar-refractivity contribution in [3.63, 3.8) is 0 Å². The molecule has 13 heavy (non-hydrogen) atoms. The molecule has 0 aromatic heterocycles. The van der Waals surface area contributed by atoms with E-state index in [0.29, 0.717) is 5.41 Å². The molecule has 0 radical (unpaired) electrons. The minimum Gasteiger partial charge on any atom is -0.333 e. The van der Waals surface area contributed by atoms with Gasteiger partial charge in [0, 0.05) is 5.54 Å². The Hall–Kier alpha value is -0.0800. The van der Waals surface area contributed by atoms with Gasteiger partial charge in [0.05, 0.1) is 0 Å². The Morgan fingerprint density at radius 1 is 0.923 bits per heavy atom. The van der Waals surface area contributed by atoms with Crippen molar-refractivity contribution in [2.24, 2.45) is 11.1 Å². The summed E-state index contributed by atoms with van der Waals surface area (Å²) in [6.45, 7) is 14.6. The first kappa shape index (κ1) is 15.4. The van der Waals surface area contributed by atoms with E-state index in [1.165, 1.54) is 13.5 Å². The summed E-state index contributed by atoms with van der Waals surface area (Å²) in [6.07, 6.45) is 1.24. The Balaban J connectivity index is 0. The van der Waals surface area contributed by atoms with Crippen LogP contribution in [0.1, 0.15) is 48.0 Å². The molecule has 0 unspecified atom stereocenters. The highest BCUT2D eigenvalue weighted by Crippen LogP contribution is 2.17. The lowest BCUT2D eigenvalue weighted by molar-refractivity contribution is 0.331. The monoisotopic (exact) mass is 188 g/mol. The predicted octanol–water partition coefficient (Wildman–Crippen LogP) is 2.39. The molecule has 0 aliphatic rings. The molecular formula is C11H28N2. The number of rotatable bonds is 2. The molecule has 0 atom stereocenters. The zero-order valence-electron chi connectivity index (χ0n) is 10.5. The lowest BCUT2D eigenvalue weighted by Crippen LogP contribution is -2.37. The van der Waals surface area contributed by atoms with Gasteiger partial charge in [0.15, 0.2) is 0 Å². The van der Waals surface area contributed by atoms with Gasteiger partial charge in [-0.1, -0.05) is 20.8 Å². The van der Waals surface area contributed by atoms with Crippen molar-refractivity contribution < 1.29 is 0 Å². The van der Waals surface area contributed by atoms with Gasteiger partial charge in [-0.05, 0) is 46.2 Å². The largest absolute Gasteiger partial charge is 0.333 e. The van der Waals surface area contributed by atoms with Gasteiger partial charge in [0.1, 0.15) is 0 Å². The van der Waals surface area contributed by atoms with Crippen molar-refractivity contribution in [3.05, 3.63) is 0 Å². The molecule has 0 aromatic rings. The average molecular weight is 188 g/mol. The molecule has 82 valence electrons. The molecule has 2 nitrogen and oxygen atoms in total. The second-order valence-corrected chi connectivity index (χ2v) is 5.49. The van der Waals surface area contributed by atoms with Gasteiger partial charge >= 0.3 is 0 Å². The Morgan fingerprint density at radius 2 is 1.31 bits per heavy atom. The third-order valence-corrected chi connectivity index (χ3v) is 1.53. The molecule has 0 amide bonds. The van der Waals surface area contributed by atoms with Crippen LogP contribution < -0.4 is 11.1 Å². The summed E-state index contributed by atoms with van der Waals surface area (Å²) in [6, 6.07) is 0. The van der Waals surface area contributed by atoms with Gasteiger partial charge < -0.3 is 11.1 Å². The smallest absolute Gasteiger partial charge is 0.00965 e. The van der Waals surface area contributed by atoms with E-state index in [2.05, 4.69) is 52.6 Å². The highest BCUT2D eigenvalue weighted by atomic mass is 14.9. The highest BCUT2D eigenvalue weighted by Gasteiger charge is 2.12. The predicted molar refractivity (Wildman–Crippen MR) is 61.9 cm³/mol. The molecule has 0 rings (SSSR count). The van der Waals surface area contributed by atoms with Crippen LogP contribution in [0.4, 0.5) is 0 Å². The quantitative estimate of drug-likeness (QED) is 0.698. The van der Waals surface area contributed by atoms with E-state index < -0.39 is 0 Å². The van der Waals surface area contributed by atoms with E-state index >= 15 is 0 Å². The van der Waals surface area contributed by atoms with Crippen molar-refractivity contribution >= 4 is 0 Å². The molecule has 0 heterocycles. The summed E-state index contributed by atoms with van der Waals surface area (Å²) >= 11 is 0. The first-order chi connectivity index (χ1) is 5.71. The van der Waals surface area contributed by atoms with Crippen LogP contribution in [-0.2, 0) is 0 Å². The van der Waals surface area contributed by atoms with Gasteiger partial charge in [-0.25, -0.2) is 0 Å². The fourth-order valence-corrected chi connectivity index (χ4v) is 0.812. The first-order valence-electron chi connectivity index (χ1n) is 5.03. The Kier molecular flexibility index (Phi) is 7.56. The zero-order valence-corrected chi connectivity index (χ0v) is 10.5. The van der Waals surface area contributed by atoms with E-state index in [-0.39, 0.29) is 5.54 Å². The zero-order chi connectivity index (χ0) is 11.1. The molecule has 0 aliphatic carbocycles. The highest BCUT2D eigenvalue weighted by molar-refractivity contribution is 4.72. The van der Waals surface area contributed by atoms with Crippen LogP contribution in [0.2, 0.25) is 0 Å². The summed E-state index contributed by atoms with van der Waals surface area (Å²) in [7, 11) is 1.50. The van der Waals surface area contributed by atoms with Crippen LogP contribution in [0.15, 0.2) is 0 Å². The van der Waals surface area contributed by atoms with Crippen molar-refractivity contribution in [2.75, 3.05) is 13.6 Å². The molecule has 2 heteroatoms. The molecule has 0 bridgehead atoms.